The molecule has 0 radical (unpaired) electrons. The van der Waals surface area contributed by atoms with Crippen molar-refractivity contribution in [1.29, 1.82) is 0 Å². The van der Waals surface area contributed by atoms with Gasteiger partial charge >= 0.3 is 0 Å². The zero-order chi connectivity index (χ0) is 29.3. The van der Waals surface area contributed by atoms with Crippen LogP contribution in [0.3, 0.4) is 0 Å². The van der Waals surface area contributed by atoms with Crippen LogP contribution in [0.15, 0.2) is 22.3 Å². The lowest BCUT2D eigenvalue weighted by atomic mass is 9.77. The summed E-state index contributed by atoms with van der Waals surface area (Å²) < 4.78 is 0. The second-order valence-electron chi connectivity index (χ2n) is 19.8. The van der Waals surface area contributed by atoms with E-state index < -0.39 is 15.2 Å². The first kappa shape index (κ1) is 32.1. The summed E-state index contributed by atoms with van der Waals surface area (Å²) in [6.45, 7) is 56.8. The fourth-order valence-corrected chi connectivity index (χ4v) is 29.2. The number of allylic oxidation sites excluding steroid dienone is 4. The highest BCUT2D eigenvalue weighted by Crippen LogP contribution is 2.88. The summed E-state index contributed by atoms with van der Waals surface area (Å²) in [6.07, 6.45) is 0. The van der Waals surface area contributed by atoms with Gasteiger partial charge in [0.05, 0.1) is 15.2 Å². The minimum absolute atomic E-state index is 0.205. The number of hydrogen-bond acceptors (Lipinski definition) is 0. The maximum absolute atomic E-state index is 2.85. The third-order valence-corrected chi connectivity index (χ3v) is 31.6. The fraction of sp³-hybridized carbons (Fsp3) is 0.882. The fourth-order valence-electron chi connectivity index (χ4n) is 9.88. The van der Waals surface area contributed by atoms with Crippen molar-refractivity contribution in [2.24, 2.45) is 32.5 Å². The molecule has 2 aliphatic carbocycles. The van der Waals surface area contributed by atoms with Gasteiger partial charge in [0.15, 0.2) is 0 Å². The Labute approximate surface area is 230 Å². The normalized spacial score (nSPS) is 21.8. The molecule has 0 aliphatic heterocycles. The zero-order valence-electron chi connectivity index (χ0n) is 29.0. The van der Waals surface area contributed by atoms with Gasteiger partial charge in [0.25, 0.3) is 0 Å². The summed E-state index contributed by atoms with van der Waals surface area (Å²) in [7, 11) is -3.86. The molecule has 0 saturated heterocycles. The summed E-state index contributed by atoms with van der Waals surface area (Å²) in [5, 5.41) is 0.526. The quantitative estimate of drug-likeness (QED) is 0.251. The van der Waals surface area contributed by atoms with Gasteiger partial charge in [0.1, 0.15) is 0 Å². The van der Waals surface area contributed by atoms with Crippen LogP contribution >= 0.6 is 0 Å². The smallest absolute Gasteiger partial charge is 0.0596 e. The van der Waals surface area contributed by atoms with Gasteiger partial charge in [-0.05, 0) is 32.5 Å². The molecular weight excluding hydrogens is 465 g/mol. The summed E-state index contributed by atoms with van der Waals surface area (Å²) in [6, 6.07) is 0. The van der Waals surface area contributed by atoms with Crippen molar-refractivity contribution >= 4 is 15.2 Å². The first-order valence-electron chi connectivity index (χ1n) is 14.8. The lowest BCUT2D eigenvalue weighted by molar-refractivity contribution is 0.313. The van der Waals surface area contributed by atoms with E-state index in [1.165, 1.54) is 0 Å². The molecule has 0 fully saturated rings. The van der Waals surface area contributed by atoms with Gasteiger partial charge in [-0.25, -0.2) is 0 Å². The van der Waals surface area contributed by atoms with Gasteiger partial charge < -0.3 is 0 Å². The molecule has 0 N–H and O–H groups in total. The molecule has 2 heteroatoms. The van der Waals surface area contributed by atoms with Crippen LogP contribution in [0.1, 0.15) is 125 Å². The minimum atomic E-state index is -1.93. The van der Waals surface area contributed by atoms with Gasteiger partial charge in [-0.3, -0.25) is 0 Å². The SMILES string of the molecule is CC(C)(C)C1=C(C(C)(C)C)C1(C(C)(C)C)[Si](C)(C)[Si](C)(C)C1(C(C)(C)C)C(C(C)(C)C)=C1C(C)(C)C. The monoisotopic (exact) mass is 530 g/mol. The van der Waals surface area contributed by atoms with Crippen LogP contribution in [0, 0.1) is 32.5 Å². The largest absolute Gasteiger partial charge is 0.0702 e. The van der Waals surface area contributed by atoms with Crippen molar-refractivity contribution in [2.75, 3.05) is 0 Å². The van der Waals surface area contributed by atoms with Gasteiger partial charge in [-0.1, -0.05) is 173 Å². The van der Waals surface area contributed by atoms with Crippen molar-refractivity contribution < 1.29 is 0 Å². The van der Waals surface area contributed by atoms with Crippen molar-refractivity contribution in [3.8, 4) is 0 Å². The molecule has 210 valence electrons. The molecule has 0 saturated carbocycles. The average Bonchev–Trinajstić information content (AvgIpc) is 3.38. The molecule has 0 bridgehead atoms. The van der Waals surface area contributed by atoms with Crippen molar-refractivity contribution in [2.45, 2.75) is 161 Å². The standard InChI is InChI=1S/C34H66Si2/c1-27(2,3)23-24(28(4,5)6)33(23,31(13,14)15)35(19,20)36(21,22)34(32(16,17)18)25(29(7,8)9)26(34)30(10,11)12/h1-22H3. The molecule has 0 unspecified atom stereocenters. The Bertz CT molecular complexity index is 839. The predicted molar refractivity (Wildman–Crippen MR) is 171 cm³/mol. The van der Waals surface area contributed by atoms with Crippen LogP contribution in [-0.2, 0) is 0 Å². The Morgan fingerprint density at radius 3 is 0.556 bits per heavy atom. The van der Waals surface area contributed by atoms with E-state index in [-0.39, 0.29) is 42.6 Å². The maximum Gasteiger partial charge on any atom is 0.0596 e. The molecule has 0 spiro atoms. The minimum Gasteiger partial charge on any atom is -0.0702 e. The van der Waals surface area contributed by atoms with Crippen LogP contribution < -0.4 is 0 Å². The Morgan fingerprint density at radius 1 is 0.333 bits per heavy atom. The second-order valence-corrected chi connectivity index (χ2v) is 35.2. The molecule has 36 heavy (non-hydrogen) atoms. The predicted octanol–water partition coefficient (Wildman–Crippen LogP) is 11.9. The molecule has 0 heterocycles. The van der Waals surface area contributed by atoms with Crippen LogP contribution in [-0.4, -0.2) is 15.2 Å². The van der Waals surface area contributed by atoms with Crippen LogP contribution in [0.5, 0.6) is 0 Å². The molecule has 0 atom stereocenters. The first-order valence-corrected chi connectivity index (χ1v) is 21.8. The highest BCUT2D eigenvalue weighted by Gasteiger charge is 2.82. The molecule has 2 rings (SSSR count). The third kappa shape index (κ3) is 3.91. The maximum atomic E-state index is 2.85. The average molecular weight is 531 g/mol. The van der Waals surface area contributed by atoms with Gasteiger partial charge in [-0.15, -0.1) is 0 Å². The van der Waals surface area contributed by atoms with Crippen LogP contribution in [0.2, 0.25) is 36.3 Å². The lowest BCUT2D eigenvalue weighted by Crippen LogP contribution is -2.69. The number of rotatable bonds is 3. The Balaban J connectivity index is 3.03. The first-order chi connectivity index (χ1) is 15.2. The molecular formula is C34H66Si2. The van der Waals surface area contributed by atoms with Gasteiger partial charge in [0, 0.05) is 10.1 Å². The van der Waals surface area contributed by atoms with Crippen molar-refractivity contribution in [3.05, 3.63) is 22.3 Å². The Hall–Kier alpha value is -0.0862. The van der Waals surface area contributed by atoms with E-state index >= 15 is 0 Å². The highest BCUT2D eigenvalue weighted by atomic mass is 29.3. The number of hydrogen-bond donors (Lipinski definition) is 0. The molecule has 0 aromatic rings. The van der Waals surface area contributed by atoms with E-state index in [2.05, 4.69) is 151 Å². The lowest BCUT2D eigenvalue weighted by Gasteiger charge is -2.61. The topological polar surface area (TPSA) is 0 Å². The van der Waals surface area contributed by atoms with E-state index in [0.29, 0.717) is 0 Å². The van der Waals surface area contributed by atoms with E-state index in [1.54, 1.807) is 0 Å². The van der Waals surface area contributed by atoms with E-state index in [4.69, 9.17) is 0 Å². The molecule has 0 aromatic heterocycles. The summed E-state index contributed by atoms with van der Waals surface area (Å²) in [5.41, 5.74) is 8.56. The summed E-state index contributed by atoms with van der Waals surface area (Å²) in [4.78, 5) is 0. The van der Waals surface area contributed by atoms with Crippen LogP contribution in [0.25, 0.3) is 0 Å². The molecule has 2 aliphatic rings. The van der Waals surface area contributed by atoms with Crippen LogP contribution in [0.4, 0.5) is 0 Å². The van der Waals surface area contributed by atoms with E-state index in [1.807, 2.05) is 22.3 Å². The Kier molecular flexibility index (Phi) is 6.93. The van der Waals surface area contributed by atoms with E-state index in [0.717, 1.165) is 0 Å². The van der Waals surface area contributed by atoms with E-state index in [9.17, 15) is 0 Å². The van der Waals surface area contributed by atoms with Gasteiger partial charge in [0.2, 0.25) is 0 Å². The summed E-state index contributed by atoms with van der Waals surface area (Å²) >= 11 is 0. The molecule has 0 amide bonds. The van der Waals surface area contributed by atoms with Crippen molar-refractivity contribution in [1.82, 2.24) is 0 Å². The highest BCUT2D eigenvalue weighted by molar-refractivity contribution is 7.44. The third-order valence-electron chi connectivity index (χ3n) is 10.6. The Morgan fingerprint density at radius 2 is 0.472 bits per heavy atom. The van der Waals surface area contributed by atoms with Crippen molar-refractivity contribution in [3.63, 3.8) is 0 Å². The molecule has 0 aromatic carbocycles. The second kappa shape index (κ2) is 7.76. The summed E-state index contributed by atoms with van der Waals surface area (Å²) in [5.74, 6) is 0. The molecule has 0 nitrogen and oxygen atoms in total. The van der Waals surface area contributed by atoms with Gasteiger partial charge in [-0.2, -0.15) is 0 Å². The zero-order valence-corrected chi connectivity index (χ0v) is 31.0.